The molecule has 0 radical (unpaired) electrons. The summed E-state index contributed by atoms with van der Waals surface area (Å²) < 4.78 is 19.7. The van der Waals surface area contributed by atoms with Crippen LogP contribution < -0.4 is 0 Å². The van der Waals surface area contributed by atoms with Crippen LogP contribution >= 0.6 is 0 Å². The number of hydrogen-bond acceptors (Lipinski definition) is 4. The van der Waals surface area contributed by atoms with Crippen LogP contribution in [0.3, 0.4) is 0 Å². The molecule has 1 fully saturated rings. The van der Waals surface area contributed by atoms with Crippen molar-refractivity contribution in [3.05, 3.63) is 65.2 Å². The van der Waals surface area contributed by atoms with Gasteiger partial charge in [-0.2, -0.15) is 0 Å². The molecule has 1 aromatic heterocycles. The number of rotatable bonds is 5. The van der Waals surface area contributed by atoms with Gasteiger partial charge in [-0.15, -0.1) is 0 Å². The number of halogens is 1. The molecule has 0 aliphatic carbocycles. The Bertz CT molecular complexity index is 766. The molecule has 2 heterocycles. The van der Waals surface area contributed by atoms with E-state index in [1.54, 1.807) is 12.1 Å². The van der Waals surface area contributed by atoms with E-state index in [1.807, 2.05) is 48.2 Å². The molecule has 1 aliphatic heterocycles. The molecule has 1 atom stereocenters. The van der Waals surface area contributed by atoms with Gasteiger partial charge in [-0.05, 0) is 37.9 Å². The molecule has 6 heteroatoms. The minimum Gasteiger partial charge on any atom is -0.368 e. The summed E-state index contributed by atoms with van der Waals surface area (Å²) in [6.07, 6.45) is 0.173. The molecule has 3 rings (SSSR count). The van der Waals surface area contributed by atoms with E-state index in [4.69, 9.17) is 4.74 Å². The van der Waals surface area contributed by atoms with E-state index >= 15 is 0 Å². The Morgan fingerprint density at radius 1 is 1.27 bits per heavy atom. The van der Waals surface area contributed by atoms with Crippen LogP contribution in [-0.4, -0.2) is 61.0 Å². The number of carbonyl (C=O) groups excluding carboxylic acids is 1. The zero-order valence-corrected chi connectivity index (χ0v) is 15.2. The van der Waals surface area contributed by atoms with Crippen LogP contribution in [0, 0.1) is 5.82 Å². The van der Waals surface area contributed by atoms with E-state index in [-0.39, 0.29) is 17.8 Å². The van der Waals surface area contributed by atoms with Crippen LogP contribution in [0.25, 0.3) is 0 Å². The second-order valence-corrected chi connectivity index (χ2v) is 6.76. The third kappa shape index (κ3) is 4.65. The van der Waals surface area contributed by atoms with Gasteiger partial charge in [0.05, 0.1) is 25.4 Å². The highest BCUT2D eigenvalue weighted by molar-refractivity contribution is 5.78. The van der Waals surface area contributed by atoms with Crippen LogP contribution in [0.15, 0.2) is 42.5 Å². The lowest BCUT2D eigenvalue weighted by molar-refractivity contribution is -0.139. The van der Waals surface area contributed by atoms with Gasteiger partial charge in [-0.1, -0.05) is 24.3 Å². The summed E-state index contributed by atoms with van der Waals surface area (Å²) in [6.45, 7) is 1.96. The normalized spacial score (nSPS) is 17.5. The zero-order chi connectivity index (χ0) is 18.5. The van der Waals surface area contributed by atoms with Gasteiger partial charge in [0, 0.05) is 18.7 Å². The molecule has 2 aromatic rings. The summed E-state index contributed by atoms with van der Waals surface area (Å²) in [5.74, 6) is -0.139. The van der Waals surface area contributed by atoms with E-state index in [9.17, 15) is 9.18 Å². The Morgan fingerprint density at radius 3 is 2.85 bits per heavy atom. The summed E-state index contributed by atoms with van der Waals surface area (Å²) in [7, 11) is 3.76. The van der Waals surface area contributed by atoms with E-state index in [1.165, 1.54) is 6.07 Å². The molecule has 138 valence electrons. The summed E-state index contributed by atoms with van der Waals surface area (Å²) in [5.41, 5.74) is 2.18. The predicted molar refractivity (Wildman–Crippen MR) is 97.3 cm³/mol. The first-order valence-corrected chi connectivity index (χ1v) is 8.76. The molecule has 1 aromatic carbocycles. The van der Waals surface area contributed by atoms with Gasteiger partial charge in [0.1, 0.15) is 11.9 Å². The zero-order valence-electron chi connectivity index (χ0n) is 15.2. The molecule has 0 spiro atoms. The minimum atomic E-state index is -0.254. The van der Waals surface area contributed by atoms with Crippen LogP contribution in [0.1, 0.15) is 23.1 Å². The predicted octanol–water partition coefficient (Wildman–Crippen LogP) is 2.27. The molecule has 0 bridgehead atoms. The second-order valence-electron chi connectivity index (χ2n) is 6.76. The summed E-state index contributed by atoms with van der Waals surface area (Å²) in [4.78, 5) is 20.6. The topological polar surface area (TPSA) is 45.7 Å². The standard InChI is InChI=1S/C20H24FN3O2/c1-23(2)14-20(25)24-10-11-26-19(13-24)18-9-5-7-16(22-18)12-15-6-3-4-8-17(15)21/h3-9,19H,10-14H2,1-2H3/t19-/m0/s1. The van der Waals surface area contributed by atoms with Crippen LogP contribution in [0.4, 0.5) is 4.39 Å². The first-order valence-electron chi connectivity index (χ1n) is 8.76. The molecule has 0 N–H and O–H groups in total. The SMILES string of the molecule is CN(C)CC(=O)N1CCO[C@H](c2cccc(Cc3ccccc3F)n2)C1. The number of nitrogens with zero attached hydrogens (tertiary/aromatic N) is 3. The number of benzene rings is 1. The fourth-order valence-electron chi connectivity index (χ4n) is 3.04. The second kappa shape index (κ2) is 8.38. The van der Waals surface area contributed by atoms with Gasteiger partial charge in [0.2, 0.25) is 5.91 Å². The van der Waals surface area contributed by atoms with Crippen molar-refractivity contribution >= 4 is 5.91 Å². The first-order chi connectivity index (χ1) is 12.5. The highest BCUT2D eigenvalue weighted by Gasteiger charge is 2.26. The molecule has 26 heavy (non-hydrogen) atoms. The number of aromatic nitrogens is 1. The van der Waals surface area contributed by atoms with E-state index in [2.05, 4.69) is 4.98 Å². The number of morpholine rings is 1. The maximum Gasteiger partial charge on any atom is 0.236 e. The highest BCUT2D eigenvalue weighted by atomic mass is 19.1. The molecule has 1 saturated heterocycles. The van der Waals surface area contributed by atoms with Crippen molar-refractivity contribution in [2.75, 3.05) is 40.3 Å². The molecule has 5 nitrogen and oxygen atoms in total. The smallest absolute Gasteiger partial charge is 0.236 e. The lowest BCUT2D eigenvalue weighted by atomic mass is 10.1. The van der Waals surface area contributed by atoms with Gasteiger partial charge in [0.25, 0.3) is 0 Å². The fraction of sp³-hybridized carbons (Fsp3) is 0.400. The average molecular weight is 357 g/mol. The van der Waals surface area contributed by atoms with Crippen molar-refractivity contribution in [3.63, 3.8) is 0 Å². The fourth-order valence-corrected chi connectivity index (χ4v) is 3.04. The Morgan fingerprint density at radius 2 is 2.08 bits per heavy atom. The summed E-state index contributed by atoms with van der Waals surface area (Å²) in [6, 6.07) is 12.4. The molecular formula is C20H24FN3O2. The summed E-state index contributed by atoms with van der Waals surface area (Å²) >= 11 is 0. The quantitative estimate of drug-likeness (QED) is 0.824. The third-order valence-electron chi connectivity index (χ3n) is 4.36. The van der Waals surface area contributed by atoms with Gasteiger partial charge < -0.3 is 14.5 Å². The lowest BCUT2D eigenvalue weighted by Gasteiger charge is -2.33. The minimum absolute atomic E-state index is 0.0887. The van der Waals surface area contributed by atoms with Crippen molar-refractivity contribution in [2.45, 2.75) is 12.5 Å². The van der Waals surface area contributed by atoms with Gasteiger partial charge in [-0.25, -0.2) is 4.39 Å². The van der Waals surface area contributed by atoms with Crippen LogP contribution in [-0.2, 0) is 16.0 Å². The van der Waals surface area contributed by atoms with Crippen molar-refractivity contribution < 1.29 is 13.9 Å². The van der Waals surface area contributed by atoms with Crippen LogP contribution in [0.2, 0.25) is 0 Å². The van der Waals surface area contributed by atoms with E-state index < -0.39 is 0 Å². The molecule has 1 aliphatic rings. The van der Waals surface area contributed by atoms with Crippen LogP contribution in [0.5, 0.6) is 0 Å². The molecule has 0 unspecified atom stereocenters. The Hall–Kier alpha value is -2.31. The maximum atomic E-state index is 13.9. The first kappa shape index (κ1) is 18.5. The van der Waals surface area contributed by atoms with E-state index in [0.29, 0.717) is 38.2 Å². The van der Waals surface area contributed by atoms with Gasteiger partial charge >= 0.3 is 0 Å². The van der Waals surface area contributed by atoms with Crippen molar-refractivity contribution in [1.29, 1.82) is 0 Å². The number of pyridine rings is 1. The largest absolute Gasteiger partial charge is 0.368 e. The molecular weight excluding hydrogens is 333 g/mol. The van der Waals surface area contributed by atoms with Crippen molar-refractivity contribution in [1.82, 2.24) is 14.8 Å². The number of amides is 1. The summed E-state index contributed by atoms with van der Waals surface area (Å²) in [5, 5.41) is 0. The van der Waals surface area contributed by atoms with Gasteiger partial charge in [-0.3, -0.25) is 9.78 Å². The monoisotopic (exact) mass is 357 g/mol. The lowest BCUT2D eigenvalue weighted by Crippen LogP contribution is -2.45. The Labute approximate surface area is 153 Å². The number of carbonyl (C=O) groups is 1. The molecule has 0 saturated carbocycles. The van der Waals surface area contributed by atoms with Crippen molar-refractivity contribution in [3.8, 4) is 0 Å². The number of likely N-dealkylation sites (N-methyl/N-ethyl adjacent to an activating group) is 1. The number of ether oxygens (including phenoxy) is 1. The average Bonchev–Trinajstić information content (AvgIpc) is 2.63. The highest BCUT2D eigenvalue weighted by Crippen LogP contribution is 2.22. The number of hydrogen-bond donors (Lipinski definition) is 0. The third-order valence-corrected chi connectivity index (χ3v) is 4.36. The molecule has 1 amide bonds. The van der Waals surface area contributed by atoms with E-state index in [0.717, 1.165) is 11.4 Å². The van der Waals surface area contributed by atoms with Gasteiger partial charge in [0.15, 0.2) is 0 Å². The Kier molecular flexibility index (Phi) is 5.96. The Balaban J connectivity index is 1.71. The maximum absolute atomic E-state index is 13.9. The van der Waals surface area contributed by atoms with Crippen molar-refractivity contribution in [2.24, 2.45) is 0 Å².